The molecule has 0 radical (unpaired) electrons. The Hall–Kier alpha value is -2.02. The molecule has 7 heteroatoms. The number of carboxylic acid groups (broad SMARTS) is 1. The Morgan fingerprint density at radius 3 is 2.89 bits per heavy atom. The van der Waals surface area contributed by atoms with E-state index in [4.69, 9.17) is 14.3 Å². The lowest BCUT2D eigenvalue weighted by Gasteiger charge is -2.16. The maximum Gasteiger partial charge on any atom is 0.315 e. The molecule has 0 saturated heterocycles. The second kappa shape index (κ2) is 8.15. The van der Waals surface area contributed by atoms with Gasteiger partial charge in [0.1, 0.15) is 5.76 Å². The number of carbonyl (C=O) groups is 2. The fourth-order valence-corrected chi connectivity index (χ4v) is 1.50. The van der Waals surface area contributed by atoms with E-state index in [1.54, 1.807) is 19.2 Å². The van der Waals surface area contributed by atoms with Gasteiger partial charge in [0.25, 0.3) is 0 Å². The number of urea groups is 1. The molecule has 2 amide bonds. The fourth-order valence-electron chi connectivity index (χ4n) is 1.50. The van der Waals surface area contributed by atoms with E-state index < -0.39 is 12.0 Å². The molecule has 1 aromatic heterocycles. The molecule has 0 spiro atoms. The minimum Gasteiger partial charge on any atom is -0.481 e. The van der Waals surface area contributed by atoms with Crippen molar-refractivity contribution in [3.8, 4) is 0 Å². The van der Waals surface area contributed by atoms with E-state index >= 15 is 0 Å². The summed E-state index contributed by atoms with van der Waals surface area (Å²) in [7, 11) is 1.58. The number of hydrogen-bond donors (Lipinski definition) is 3. The van der Waals surface area contributed by atoms with Crippen LogP contribution in [0.25, 0.3) is 0 Å². The van der Waals surface area contributed by atoms with E-state index in [0.29, 0.717) is 18.8 Å². The van der Waals surface area contributed by atoms with Crippen LogP contribution in [0.1, 0.15) is 24.6 Å². The first kappa shape index (κ1) is 15.0. The van der Waals surface area contributed by atoms with Crippen LogP contribution in [0, 0.1) is 0 Å². The van der Waals surface area contributed by atoms with Crippen molar-refractivity contribution in [1.82, 2.24) is 10.6 Å². The molecule has 1 rings (SSSR count). The summed E-state index contributed by atoms with van der Waals surface area (Å²) in [5, 5.41) is 13.7. The summed E-state index contributed by atoms with van der Waals surface area (Å²) in [4.78, 5) is 21.9. The normalized spacial score (nSPS) is 11.8. The van der Waals surface area contributed by atoms with Crippen LogP contribution in [-0.4, -0.2) is 37.4 Å². The summed E-state index contributed by atoms with van der Waals surface area (Å²) in [6.45, 7) is 0.553. The van der Waals surface area contributed by atoms with Crippen LogP contribution >= 0.6 is 0 Å². The van der Waals surface area contributed by atoms with Gasteiger partial charge >= 0.3 is 12.0 Å². The first-order valence-electron chi connectivity index (χ1n) is 5.92. The molecule has 1 unspecified atom stereocenters. The van der Waals surface area contributed by atoms with Crippen LogP contribution in [0.3, 0.4) is 0 Å². The van der Waals surface area contributed by atoms with Crippen LogP contribution in [0.15, 0.2) is 22.8 Å². The monoisotopic (exact) mass is 270 g/mol. The average Bonchev–Trinajstić information content (AvgIpc) is 2.87. The topological polar surface area (TPSA) is 101 Å². The number of aliphatic carboxylic acids is 1. The van der Waals surface area contributed by atoms with E-state index in [9.17, 15) is 9.59 Å². The first-order chi connectivity index (χ1) is 9.13. The van der Waals surface area contributed by atoms with Crippen molar-refractivity contribution in [2.24, 2.45) is 0 Å². The van der Waals surface area contributed by atoms with Gasteiger partial charge in [-0.05, 0) is 18.6 Å². The van der Waals surface area contributed by atoms with Gasteiger partial charge in [0.05, 0.1) is 18.7 Å². The van der Waals surface area contributed by atoms with E-state index in [0.717, 1.165) is 0 Å². The first-order valence-corrected chi connectivity index (χ1v) is 5.92. The molecule has 0 aromatic carbocycles. The second-order valence-corrected chi connectivity index (χ2v) is 3.89. The fraction of sp³-hybridized carbons (Fsp3) is 0.500. The highest BCUT2D eigenvalue weighted by Crippen LogP contribution is 2.16. The molecule has 0 saturated carbocycles. The van der Waals surface area contributed by atoms with Crippen molar-refractivity contribution in [2.75, 3.05) is 20.3 Å². The van der Waals surface area contributed by atoms with Gasteiger partial charge in [-0.15, -0.1) is 0 Å². The predicted molar refractivity (Wildman–Crippen MR) is 66.7 cm³/mol. The van der Waals surface area contributed by atoms with Crippen LogP contribution in [0.4, 0.5) is 4.79 Å². The van der Waals surface area contributed by atoms with E-state index in [1.807, 2.05) is 0 Å². The molecule has 1 heterocycles. The number of ether oxygens (including phenoxy) is 1. The van der Waals surface area contributed by atoms with Crippen molar-refractivity contribution in [1.29, 1.82) is 0 Å². The second-order valence-electron chi connectivity index (χ2n) is 3.89. The van der Waals surface area contributed by atoms with E-state index in [2.05, 4.69) is 10.6 Å². The summed E-state index contributed by atoms with van der Waals surface area (Å²) < 4.78 is 10.2. The van der Waals surface area contributed by atoms with Crippen molar-refractivity contribution >= 4 is 12.0 Å². The molecule has 0 bridgehead atoms. The lowest BCUT2D eigenvalue weighted by atomic mass is 10.1. The van der Waals surface area contributed by atoms with Crippen molar-refractivity contribution in [3.63, 3.8) is 0 Å². The molecule has 1 aromatic rings. The van der Waals surface area contributed by atoms with Gasteiger partial charge < -0.3 is 24.9 Å². The van der Waals surface area contributed by atoms with Crippen molar-refractivity contribution in [2.45, 2.75) is 18.9 Å². The molecule has 0 fully saturated rings. The minimum absolute atomic E-state index is 0.0797. The Balaban J connectivity index is 2.43. The van der Waals surface area contributed by atoms with Gasteiger partial charge in [-0.2, -0.15) is 0 Å². The molecule has 1 atom stereocenters. The smallest absolute Gasteiger partial charge is 0.315 e. The lowest BCUT2D eigenvalue weighted by molar-refractivity contribution is -0.136. The number of carboxylic acids is 1. The summed E-state index contributed by atoms with van der Waals surface area (Å²) in [6, 6.07) is 2.76. The minimum atomic E-state index is -0.956. The number of amides is 2. The standard InChI is InChI=1S/C12H18N2O5/c1-18-8-5-9(10-3-2-7-19-10)14-12(17)13-6-4-11(15)16/h2-3,7,9H,4-6,8H2,1H3,(H,15,16)(H2,13,14,17). The molecule has 0 aliphatic rings. The lowest BCUT2D eigenvalue weighted by Crippen LogP contribution is -2.39. The highest BCUT2D eigenvalue weighted by molar-refractivity contribution is 5.75. The molecular formula is C12H18N2O5. The van der Waals surface area contributed by atoms with Gasteiger partial charge in [0, 0.05) is 20.3 Å². The number of furan rings is 1. The van der Waals surface area contributed by atoms with Gasteiger partial charge in [0.2, 0.25) is 0 Å². The summed E-state index contributed by atoms with van der Waals surface area (Å²) >= 11 is 0. The highest BCUT2D eigenvalue weighted by Gasteiger charge is 2.16. The average molecular weight is 270 g/mol. The highest BCUT2D eigenvalue weighted by atomic mass is 16.5. The van der Waals surface area contributed by atoms with Gasteiger partial charge in [-0.3, -0.25) is 4.79 Å². The Kier molecular flexibility index (Phi) is 6.45. The Morgan fingerprint density at radius 1 is 1.53 bits per heavy atom. The third-order valence-electron chi connectivity index (χ3n) is 2.43. The van der Waals surface area contributed by atoms with Gasteiger partial charge in [-0.1, -0.05) is 0 Å². The zero-order chi connectivity index (χ0) is 14.1. The van der Waals surface area contributed by atoms with Crippen molar-refractivity contribution in [3.05, 3.63) is 24.2 Å². The molecular weight excluding hydrogens is 252 g/mol. The zero-order valence-corrected chi connectivity index (χ0v) is 10.7. The zero-order valence-electron chi connectivity index (χ0n) is 10.7. The molecule has 19 heavy (non-hydrogen) atoms. The summed E-state index contributed by atoms with van der Waals surface area (Å²) in [6.07, 6.45) is 1.98. The maximum atomic E-state index is 11.6. The Labute approximate surface area is 110 Å². The quantitative estimate of drug-likeness (QED) is 0.657. The molecule has 0 aliphatic carbocycles. The van der Waals surface area contributed by atoms with Crippen LogP contribution in [0.2, 0.25) is 0 Å². The number of hydrogen-bond acceptors (Lipinski definition) is 4. The number of rotatable bonds is 8. The van der Waals surface area contributed by atoms with E-state index in [1.165, 1.54) is 6.26 Å². The third kappa shape index (κ3) is 5.91. The molecule has 106 valence electrons. The van der Waals surface area contributed by atoms with Crippen LogP contribution < -0.4 is 10.6 Å². The SMILES string of the molecule is COCCC(NC(=O)NCCC(=O)O)c1ccco1. The Morgan fingerprint density at radius 2 is 2.32 bits per heavy atom. The summed E-state index contributed by atoms with van der Waals surface area (Å²) in [5.41, 5.74) is 0. The van der Waals surface area contributed by atoms with Gasteiger partial charge in [0.15, 0.2) is 0 Å². The van der Waals surface area contributed by atoms with Crippen LogP contribution in [0.5, 0.6) is 0 Å². The van der Waals surface area contributed by atoms with Crippen LogP contribution in [-0.2, 0) is 9.53 Å². The maximum absolute atomic E-state index is 11.6. The van der Waals surface area contributed by atoms with E-state index in [-0.39, 0.29) is 19.0 Å². The number of methoxy groups -OCH3 is 1. The molecule has 3 N–H and O–H groups in total. The third-order valence-corrected chi connectivity index (χ3v) is 2.43. The summed E-state index contributed by atoms with van der Waals surface area (Å²) in [5.74, 6) is -0.326. The molecule has 0 aliphatic heterocycles. The van der Waals surface area contributed by atoms with Crippen molar-refractivity contribution < 1.29 is 23.8 Å². The Bertz CT molecular complexity index is 391. The number of carbonyl (C=O) groups excluding carboxylic acids is 1. The largest absolute Gasteiger partial charge is 0.481 e. The number of nitrogens with one attached hydrogen (secondary N) is 2. The van der Waals surface area contributed by atoms with Gasteiger partial charge in [-0.25, -0.2) is 4.79 Å². The molecule has 7 nitrogen and oxygen atoms in total. The predicted octanol–water partition coefficient (Wildman–Crippen LogP) is 1.13.